The summed E-state index contributed by atoms with van der Waals surface area (Å²) in [7, 11) is 0. The lowest BCUT2D eigenvalue weighted by atomic mass is 9.99. The number of hydrogen-bond acceptors (Lipinski definition) is 4. The van der Waals surface area contributed by atoms with Crippen LogP contribution in [0.15, 0.2) is 54.7 Å². The smallest absolute Gasteiger partial charge is 0.255 e. The first-order chi connectivity index (χ1) is 15.0. The molecule has 0 aromatic heterocycles. The number of rotatable bonds is 7. The van der Waals surface area contributed by atoms with Crippen molar-refractivity contribution in [3.8, 4) is 5.75 Å². The number of allylic oxidation sites excluding steroid dienone is 1. The molecule has 2 heterocycles. The Morgan fingerprint density at radius 2 is 1.97 bits per heavy atom. The first-order valence-corrected chi connectivity index (χ1v) is 10.6. The second-order valence-corrected chi connectivity index (χ2v) is 7.95. The molecule has 0 saturated carbocycles. The summed E-state index contributed by atoms with van der Waals surface area (Å²) in [6.45, 7) is 6.72. The van der Waals surface area contributed by atoms with Gasteiger partial charge in [0.25, 0.3) is 5.91 Å². The van der Waals surface area contributed by atoms with Crippen LogP contribution in [-0.2, 0) is 17.8 Å². The number of nitrogens with one attached hydrogen (secondary N) is 1. The Morgan fingerprint density at radius 1 is 1.19 bits per heavy atom. The quantitative estimate of drug-likeness (QED) is 0.697. The minimum atomic E-state index is -0.463. The second kappa shape index (κ2) is 8.76. The summed E-state index contributed by atoms with van der Waals surface area (Å²) < 4.78 is 5.41. The molecule has 2 amide bonds. The van der Waals surface area contributed by atoms with Crippen LogP contribution in [0.5, 0.6) is 5.75 Å². The van der Waals surface area contributed by atoms with Crippen LogP contribution in [0.4, 0.5) is 0 Å². The molecular weight excluding hydrogens is 392 g/mol. The second-order valence-electron chi connectivity index (χ2n) is 7.95. The van der Waals surface area contributed by atoms with Crippen LogP contribution >= 0.6 is 0 Å². The number of hydrogen-bond donors (Lipinski definition) is 1. The highest BCUT2D eigenvalue weighted by molar-refractivity contribution is 6.01. The van der Waals surface area contributed by atoms with Gasteiger partial charge in [-0.3, -0.25) is 14.4 Å². The predicted octanol–water partition coefficient (Wildman–Crippen LogP) is 3.65. The van der Waals surface area contributed by atoms with Gasteiger partial charge >= 0.3 is 0 Å². The summed E-state index contributed by atoms with van der Waals surface area (Å²) in [5.74, 6) is 0.543. The Bertz CT molecular complexity index is 1040. The van der Waals surface area contributed by atoms with E-state index in [0.29, 0.717) is 55.7 Å². The van der Waals surface area contributed by atoms with E-state index in [4.69, 9.17) is 4.74 Å². The van der Waals surface area contributed by atoms with Gasteiger partial charge in [0.2, 0.25) is 5.91 Å². The summed E-state index contributed by atoms with van der Waals surface area (Å²) >= 11 is 0. The number of aryl methyl sites for hydroxylation is 1. The highest BCUT2D eigenvalue weighted by Crippen LogP contribution is 2.29. The van der Waals surface area contributed by atoms with Crippen LogP contribution < -0.4 is 10.1 Å². The molecule has 0 bridgehead atoms. The Hall–Kier alpha value is -3.41. The molecule has 1 fully saturated rings. The number of Topliss-reactive ketones (excluding diaryl/α,β-unsaturated/α-hetero) is 1. The summed E-state index contributed by atoms with van der Waals surface area (Å²) in [6.07, 6.45) is 2.25. The number of carbonyl (C=O) groups excluding carboxylic acids is 3. The standard InChI is InChI=1S/C25H26N2O4/c1-3-31-20-9-7-18(8-10-20)23(28)13-6-17-5-11-21-19(14-17)15-27(25(21)30)22-12-4-16(2)26-24(22)29/h5,7-11,14,22H,2-4,6,12-13,15H2,1H3,(H,26,29). The van der Waals surface area contributed by atoms with E-state index in [9.17, 15) is 14.4 Å². The van der Waals surface area contributed by atoms with E-state index < -0.39 is 6.04 Å². The summed E-state index contributed by atoms with van der Waals surface area (Å²) in [6, 6.07) is 12.4. The van der Waals surface area contributed by atoms with E-state index in [1.54, 1.807) is 17.0 Å². The Balaban J connectivity index is 1.39. The third-order valence-corrected chi connectivity index (χ3v) is 5.83. The maximum Gasteiger partial charge on any atom is 0.255 e. The van der Waals surface area contributed by atoms with E-state index in [-0.39, 0.29) is 17.6 Å². The van der Waals surface area contributed by atoms with Gasteiger partial charge in [-0.1, -0.05) is 18.7 Å². The maximum atomic E-state index is 12.8. The van der Waals surface area contributed by atoms with Crippen molar-refractivity contribution in [3.63, 3.8) is 0 Å². The van der Waals surface area contributed by atoms with Crippen LogP contribution in [0.2, 0.25) is 0 Å². The fourth-order valence-electron chi connectivity index (χ4n) is 4.17. The highest BCUT2D eigenvalue weighted by atomic mass is 16.5. The number of piperidine rings is 1. The number of ether oxygens (including phenoxy) is 1. The number of amides is 2. The van der Waals surface area contributed by atoms with Gasteiger partial charge in [-0.05, 0) is 67.6 Å². The molecule has 2 aliphatic heterocycles. The molecule has 0 aliphatic carbocycles. The topological polar surface area (TPSA) is 75.7 Å². The fraction of sp³-hybridized carbons (Fsp3) is 0.320. The lowest BCUT2D eigenvalue weighted by Gasteiger charge is -2.30. The SMILES string of the molecule is C=C1CCC(N2Cc3cc(CCC(=O)c4ccc(OCC)cc4)ccc3C2=O)C(=O)N1. The minimum absolute atomic E-state index is 0.0698. The van der Waals surface area contributed by atoms with Crippen molar-refractivity contribution in [2.45, 2.75) is 45.2 Å². The van der Waals surface area contributed by atoms with Crippen molar-refractivity contribution in [3.05, 3.63) is 77.0 Å². The van der Waals surface area contributed by atoms with Crippen LogP contribution in [-0.4, -0.2) is 35.1 Å². The summed E-state index contributed by atoms with van der Waals surface area (Å²) in [4.78, 5) is 39.3. The van der Waals surface area contributed by atoms with Gasteiger partial charge < -0.3 is 15.0 Å². The number of fused-ring (bicyclic) bond motifs is 1. The number of benzene rings is 2. The first kappa shape index (κ1) is 20.8. The molecule has 2 aliphatic rings. The molecule has 6 heteroatoms. The van der Waals surface area contributed by atoms with E-state index in [1.807, 2.05) is 37.3 Å². The number of nitrogens with zero attached hydrogens (tertiary/aromatic N) is 1. The van der Waals surface area contributed by atoms with Crippen LogP contribution in [0.3, 0.4) is 0 Å². The molecule has 4 rings (SSSR count). The van der Waals surface area contributed by atoms with Crippen molar-refractivity contribution in [2.75, 3.05) is 6.61 Å². The molecule has 160 valence electrons. The monoisotopic (exact) mass is 418 g/mol. The molecule has 0 radical (unpaired) electrons. The molecule has 1 atom stereocenters. The summed E-state index contributed by atoms with van der Waals surface area (Å²) in [5, 5.41) is 2.75. The highest BCUT2D eigenvalue weighted by Gasteiger charge is 2.38. The van der Waals surface area contributed by atoms with Crippen LogP contribution in [0, 0.1) is 0 Å². The van der Waals surface area contributed by atoms with E-state index >= 15 is 0 Å². The van der Waals surface area contributed by atoms with Gasteiger partial charge in [-0.2, -0.15) is 0 Å². The zero-order valence-electron chi connectivity index (χ0n) is 17.6. The van der Waals surface area contributed by atoms with Crippen molar-refractivity contribution in [2.24, 2.45) is 0 Å². The molecule has 2 aromatic carbocycles. The largest absolute Gasteiger partial charge is 0.494 e. The van der Waals surface area contributed by atoms with E-state index in [0.717, 1.165) is 16.9 Å². The molecule has 6 nitrogen and oxygen atoms in total. The molecule has 0 spiro atoms. The zero-order chi connectivity index (χ0) is 22.0. The molecule has 31 heavy (non-hydrogen) atoms. The lowest BCUT2D eigenvalue weighted by molar-refractivity contribution is -0.126. The average Bonchev–Trinajstić information content (AvgIpc) is 3.08. The third kappa shape index (κ3) is 4.38. The molecule has 1 saturated heterocycles. The predicted molar refractivity (Wildman–Crippen MR) is 117 cm³/mol. The van der Waals surface area contributed by atoms with Gasteiger partial charge in [-0.15, -0.1) is 0 Å². The van der Waals surface area contributed by atoms with Crippen molar-refractivity contribution < 1.29 is 19.1 Å². The Kier molecular flexibility index (Phi) is 5.89. The van der Waals surface area contributed by atoms with Crippen LogP contribution in [0.25, 0.3) is 0 Å². The molecule has 1 unspecified atom stereocenters. The first-order valence-electron chi connectivity index (χ1n) is 10.6. The van der Waals surface area contributed by atoms with Crippen LogP contribution in [0.1, 0.15) is 58.0 Å². The molecule has 1 N–H and O–H groups in total. The van der Waals surface area contributed by atoms with Crippen molar-refractivity contribution in [1.82, 2.24) is 10.2 Å². The Morgan fingerprint density at radius 3 is 2.68 bits per heavy atom. The van der Waals surface area contributed by atoms with E-state index in [2.05, 4.69) is 11.9 Å². The minimum Gasteiger partial charge on any atom is -0.494 e. The lowest BCUT2D eigenvalue weighted by Crippen LogP contribution is -2.49. The van der Waals surface area contributed by atoms with Gasteiger partial charge in [0.15, 0.2) is 5.78 Å². The van der Waals surface area contributed by atoms with Gasteiger partial charge in [-0.25, -0.2) is 0 Å². The Labute approximate surface area is 181 Å². The number of carbonyl (C=O) groups is 3. The third-order valence-electron chi connectivity index (χ3n) is 5.83. The average molecular weight is 418 g/mol. The zero-order valence-corrected chi connectivity index (χ0v) is 17.6. The molecule has 2 aromatic rings. The van der Waals surface area contributed by atoms with E-state index in [1.165, 1.54) is 0 Å². The van der Waals surface area contributed by atoms with Gasteiger partial charge in [0.05, 0.1) is 6.61 Å². The fourth-order valence-corrected chi connectivity index (χ4v) is 4.17. The van der Waals surface area contributed by atoms with Crippen molar-refractivity contribution >= 4 is 17.6 Å². The van der Waals surface area contributed by atoms with Gasteiger partial charge in [0.1, 0.15) is 11.8 Å². The van der Waals surface area contributed by atoms with Crippen molar-refractivity contribution in [1.29, 1.82) is 0 Å². The summed E-state index contributed by atoms with van der Waals surface area (Å²) in [5.41, 5.74) is 3.92. The van der Waals surface area contributed by atoms with Gasteiger partial charge in [0, 0.05) is 29.8 Å². The normalized spacial score (nSPS) is 18.0. The molecular formula is C25H26N2O4. The number of ketones is 1. The maximum absolute atomic E-state index is 12.8.